The maximum absolute atomic E-state index is 12.5. The summed E-state index contributed by atoms with van der Waals surface area (Å²) in [7, 11) is 0. The molecule has 134 valence electrons. The molecule has 7 heteroatoms. The first-order valence-corrected chi connectivity index (χ1v) is 8.48. The van der Waals surface area contributed by atoms with Crippen molar-refractivity contribution < 1.29 is 9.90 Å². The Morgan fingerprint density at radius 1 is 1.27 bits per heavy atom. The number of carbonyl (C=O) groups excluding carboxylic acids is 1. The maximum Gasteiger partial charge on any atom is 0.261 e. The molecule has 0 fully saturated rings. The van der Waals surface area contributed by atoms with Crippen LogP contribution >= 0.6 is 11.6 Å². The highest BCUT2D eigenvalue weighted by atomic mass is 35.5. The molecule has 0 saturated heterocycles. The normalized spacial score (nSPS) is 12.1. The van der Waals surface area contributed by atoms with Gasteiger partial charge in [0.1, 0.15) is 6.54 Å². The Morgan fingerprint density at radius 3 is 2.73 bits per heavy atom. The molecule has 1 amide bonds. The summed E-state index contributed by atoms with van der Waals surface area (Å²) in [5, 5.41) is 13.8. The van der Waals surface area contributed by atoms with E-state index in [0.29, 0.717) is 21.5 Å². The molecule has 0 radical (unpaired) electrons. The Kier molecular flexibility index (Phi) is 5.35. The van der Waals surface area contributed by atoms with Crippen LogP contribution < -0.4 is 10.9 Å². The summed E-state index contributed by atoms with van der Waals surface area (Å²) >= 11 is 5.81. The molecule has 0 bridgehead atoms. The molecule has 2 N–H and O–H groups in total. The first kappa shape index (κ1) is 18.1. The lowest BCUT2D eigenvalue weighted by Crippen LogP contribution is -2.34. The number of halogens is 1. The number of hydrogen-bond acceptors (Lipinski definition) is 4. The second kappa shape index (κ2) is 7.68. The molecule has 1 aromatic heterocycles. The molecule has 2 aromatic carbocycles. The van der Waals surface area contributed by atoms with Gasteiger partial charge in [-0.2, -0.15) is 0 Å². The number of nitrogens with one attached hydrogen (secondary N) is 1. The van der Waals surface area contributed by atoms with Gasteiger partial charge in [0.15, 0.2) is 0 Å². The van der Waals surface area contributed by atoms with Gasteiger partial charge in [-0.3, -0.25) is 14.2 Å². The van der Waals surface area contributed by atoms with Crippen LogP contribution in [0.2, 0.25) is 5.02 Å². The van der Waals surface area contributed by atoms with Crippen molar-refractivity contribution in [2.24, 2.45) is 0 Å². The molecular weight excluding hydrogens is 354 g/mol. The number of para-hydroxylation sites is 1. The van der Waals surface area contributed by atoms with Crippen molar-refractivity contribution in [2.45, 2.75) is 19.6 Å². The van der Waals surface area contributed by atoms with Gasteiger partial charge in [0.05, 0.1) is 23.3 Å². The first-order chi connectivity index (χ1) is 12.5. The van der Waals surface area contributed by atoms with Gasteiger partial charge in [-0.05, 0) is 36.2 Å². The zero-order valence-electron chi connectivity index (χ0n) is 14.1. The third kappa shape index (κ3) is 3.92. The van der Waals surface area contributed by atoms with E-state index in [9.17, 15) is 14.7 Å². The molecule has 1 heterocycles. The number of amides is 1. The molecule has 0 aliphatic rings. The number of rotatable bonds is 5. The van der Waals surface area contributed by atoms with Gasteiger partial charge >= 0.3 is 0 Å². The maximum atomic E-state index is 12.5. The van der Waals surface area contributed by atoms with Gasteiger partial charge in [-0.25, -0.2) is 4.98 Å². The minimum Gasteiger partial charge on any atom is -0.387 e. The van der Waals surface area contributed by atoms with Gasteiger partial charge in [0.25, 0.3) is 5.56 Å². The quantitative estimate of drug-likeness (QED) is 0.720. The molecule has 0 aliphatic heterocycles. The number of aliphatic hydroxyl groups excluding tert-OH is 1. The Hall–Kier alpha value is -2.70. The molecule has 0 saturated carbocycles. The van der Waals surface area contributed by atoms with Crippen molar-refractivity contribution in [3.63, 3.8) is 0 Å². The number of fused-ring (bicyclic) bond motifs is 1. The van der Waals surface area contributed by atoms with Crippen molar-refractivity contribution in [1.82, 2.24) is 14.9 Å². The zero-order chi connectivity index (χ0) is 18.7. The van der Waals surface area contributed by atoms with Crippen LogP contribution in [0.3, 0.4) is 0 Å². The highest BCUT2D eigenvalue weighted by Gasteiger charge is 2.12. The highest BCUT2D eigenvalue weighted by molar-refractivity contribution is 6.30. The van der Waals surface area contributed by atoms with E-state index in [1.54, 1.807) is 36.4 Å². The average Bonchev–Trinajstić information content (AvgIpc) is 2.63. The first-order valence-electron chi connectivity index (χ1n) is 8.10. The number of hydrogen-bond donors (Lipinski definition) is 2. The fraction of sp³-hybridized carbons (Fsp3) is 0.211. The van der Waals surface area contributed by atoms with E-state index in [1.165, 1.54) is 10.9 Å². The van der Waals surface area contributed by atoms with Gasteiger partial charge in [0.2, 0.25) is 5.91 Å². The minimum atomic E-state index is -0.856. The standard InChI is InChI=1S/C19H18ClN3O3/c1-12-3-2-4-15-18(12)22-11-23(19(15)26)10-17(25)21-9-16(24)13-5-7-14(20)8-6-13/h2-8,11,16,24H,9-10H2,1H3,(H,21,25)/t16-/m0/s1. The molecule has 0 spiro atoms. The van der Waals surface area contributed by atoms with Gasteiger partial charge in [-0.1, -0.05) is 35.9 Å². The predicted molar refractivity (Wildman–Crippen MR) is 100 cm³/mol. The fourth-order valence-corrected chi connectivity index (χ4v) is 2.80. The van der Waals surface area contributed by atoms with Crippen LogP contribution in [-0.4, -0.2) is 27.1 Å². The third-order valence-electron chi connectivity index (χ3n) is 4.12. The molecule has 0 unspecified atom stereocenters. The molecule has 0 aliphatic carbocycles. The van der Waals surface area contributed by atoms with Crippen LogP contribution in [0.15, 0.2) is 53.6 Å². The molecule has 6 nitrogen and oxygen atoms in total. The van der Waals surface area contributed by atoms with Gasteiger partial charge in [-0.15, -0.1) is 0 Å². The van der Waals surface area contributed by atoms with Crippen molar-refractivity contribution in [2.75, 3.05) is 6.54 Å². The predicted octanol–water partition coefficient (Wildman–Crippen LogP) is 2.21. The van der Waals surface area contributed by atoms with Gasteiger partial charge < -0.3 is 10.4 Å². The van der Waals surface area contributed by atoms with Crippen LogP contribution in [0, 0.1) is 6.92 Å². The van der Waals surface area contributed by atoms with E-state index >= 15 is 0 Å². The fourth-order valence-electron chi connectivity index (χ4n) is 2.67. The van der Waals surface area contributed by atoms with Crippen molar-refractivity contribution in [3.05, 3.63) is 75.3 Å². The number of carbonyl (C=O) groups is 1. The van der Waals surface area contributed by atoms with E-state index in [-0.39, 0.29) is 24.6 Å². The van der Waals surface area contributed by atoms with E-state index in [1.807, 2.05) is 13.0 Å². The molecule has 3 aromatic rings. The Labute approximate surface area is 155 Å². The summed E-state index contributed by atoms with van der Waals surface area (Å²) in [4.78, 5) is 28.9. The lowest BCUT2D eigenvalue weighted by atomic mass is 10.1. The minimum absolute atomic E-state index is 0.0370. The zero-order valence-corrected chi connectivity index (χ0v) is 14.9. The van der Waals surface area contributed by atoms with Crippen LogP contribution in [0.5, 0.6) is 0 Å². The van der Waals surface area contributed by atoms with E-state index in [0.717, 1.165) is 5.56 Å². The van der Waals surface area contributed by atoms with Crippen molar-refractivity contribution >= 4 is 28.4 Å². The smallest absolute Gasteiger partial charge is 0.261 e. The van der Waals surface area contributed by atoms with Crippen molar-refractivity contribution in [3.8, 4) is 0 Å². The summed E-state index contributed by atoms with van der Waals surface area (Å²) in [5.41, 5.74) is 1.91. The second-order valence-electron chi connectivity index (χ2n) is 6.02. The second-order valence-corrected chi connectivity index (χ2v) is 6.46. The molecular formula is C19H18ClN3O3. The van der Waals surface area contributed by atoms with Crippen LogP contribution in [0.25, 0.3) is 10.9 Å². The number of nitrogens with zero attached hydrogens (tertiary/aromatic N) is 2. The van der Waals surface area contributed by atoms with Gasteiger partial charge in [0, 0.05) is 11.6 Å². The SMILES string of the molecule is Cc1cccc2c(=O)n(CC(=O)NC[C@H](O)c3ccc(Cl)cc3)cnc12. The summed E-state index contributed by atoms with van der Waals surface area (Å²) in [6.45, 7) is 1.75. The Morgan fingerprint density at radius 2 is 2.00 bits per heavy atom. The molecule has 26 heavy (non-hydrogen) atoms. The number of benzene rings is 2. The number of aromatic nitrogens is 2. The molecule has 1 atom stereocenters. The summed E-state index contributed by atoms with van der Waals surface area (Å²) < 4.78 is 1.26. The van der Waals surface area contributed by atoms with E-state index in [4.69, 9.17) is 11.6 Å². The van der Waals surface area contributed by atoms with Crippen LogP contribution in [0.4, 0.5) is 0 Å². The number of aliphatic hydroxyl groups is 1. The lowest BCUT2D eigenvalue weighted by Gasteiger charge is -2.13. The van der Waals surface area contributed by atoms with Crippen LogP contribution in [-0.2, 0) is 11.3 Å². The average molecular weight is 372 g/mol. The van der Waals surface area contributed by atoms with E-state index in [2.05, 4.69) is 10.3 Å². The number of aryl methyl sites for hydroxylation is 1. The Balaban J connectivity index is 1.67. The summed E-state index contributed by atoms with van der Waals surface area (Å²) in [6.07, 6.45) is 0.512. The van der Waals surface area contributed by atoms with Crippen molar-refractivity contribution in [1.29, 1.82) is 0 Å². The van der Waals surface area contributed by atoms with E-state index < -0.39 is 6.10 Å². The highest BCUT2D eigenvalue weighted by Crippen LogP contribution is 2.15. The summed E-state index contributed by atoms with van der Waals surface area (Å²) in [6, 6.07) is 12.1. The van der Waals surface area contributed by atoms with Crippen LogP contribution in [0.1, 0.15) is 17.2 Å². The lowest BCUT2D eigenvalue weighted by molar-refractivity contribution is -0.122. The largest absolute Gasteiger partial charge is 0.387 e. The Bertz CT molecular complexity index is 999. The summed E-state index contributed by atoms with van der Waals surface area (Å²) in [5.74, 6) is -0.381. The third-order valence-corrected chi connectivity index (χ3v) is 4.37. The monoisotopic (exact) mass is 371 g/mol. The molecule has 3 rings (SSSR count). The topological polar surface area (TPSA) is 84.2 Å².